The molecule has 3 N–H and O–H groups in total. The Morgan fingerprint density at radius 3 is 3.22 bits per heavy atom. The van der Waals surface area contributed by atoms with E-state index in [9.17, 15) is 4.79 Å². The Morgan fingerprint density at radius 2 is 2.41 bits per heavy atom. The lowest BCUT2D eigenvalue weighted by molar-refractivity contribution is -0.119. The van der Waals surface area contributed by atoms with Crippen LogP contribution in [0.5, 0.6) is 0 Å². The van der Waals surface area contributed by atoms with Crippen molar-refractivity contribution in [1.29, 1.82) is 0 Å². The van der Waals surface area contributed by atoms with Crippen LogP contribution in [0.25, 0.3) is 11.0 Å². The molecule has 0 aliphatic carbocycles. The van der Waals surface area contributed by atoms with Crippen LogP contribution in [0.1, 0.15) is 31.7 Å². The van der Waals surface area contributed by atoms with E-state index in [0.29, 0.717) is 6.42 Å². The Balaban J connectivity index is 1.44. The fraction of sp³-hybridized carbons (Fsp3) is 0.550. The molecule has 4 rings (SSSR count). The number of hydrogen-bond acceptors (Lipinski definition) is 3. The largest absolute Gasteiger partial charge is 0.357 e. The zero-order chi connectivity index (χ0) is 18.7. The molecule has 0 aromatic carbocycles. The average molecular weight is 368 g/mol. The molecule has 7 nitrogen and oxygen atoms in total. The summed E-state index contributed by atoms with van der Waals surface area (Å²) in [7, 11) is 0. The third-order valence-corrected chi connectivity index (χ3v) is 5.67. The van der Waals surface area contributed by atoms with Crippen LogP contribution in [-0.2, 0) is 11.2 Å². The zero-order valence-corrected chi connectivity index (χ0v) is 15.9. The van der Waals surface area contributed by atoms with Gasteiger partial charge in [0.15, 0.2) is 5.96 Å². The Labute approximate surface area is 159 Å². The molecule has 2 fully saturated rings. The lowest BCUT2D eigenvalue weighted by atomic mass is 9.79. The number of likely N-dealkylation sites (tertiary alicyclic amines) is 1. The van der Waals surface area contributed by atoms with Crippen LogP contribution in [-0.4, -0.2) is 59.5 Å². The van der Waals surface area contributed by atoms with Gasteiger partial charge < -0.3 is 20.5 Å². The second kappa shape index (κ2) is 7.58. The van der Waals surface area contributed by atoms with Gasteiger partial charge in [-0.15, -0.1) is 0 Å². The van der Waals surface area contributed by atoms with Crippen LogP contribution in [0.15, 0.2) is 29.5 Å². The maximum atomic E-state index is 11.7. The molecule has 1 spiro atoms. The molecule has 27 heavy (non-hydrogen) atoms. The van der Waals surface area contributed by atoms with Crippen molar-refractivity contribution in [2.24, 2.45) is 10.4 Å². The molecule has 4 heterocycles. The third-order valence-electron chi connectivity index (χ3n) is 5.67. The van der Waals surface area contributed by atoms with Crippen molar-refractivity contribution in [2.45, 2.75) is 32.6 Å². The number of guanidine groups is 1. The van der Waals surface area contributed by atoms with E-state index in [1.165, 1.54) is 10.9 Å². The van der Waals surface area contributed by atoms with E-state index >= 15 is 0 Å². The summed E-state index contributed by atoms with van der Waals surface area (Å²) >= 11 is 0. The lowest BCUT2D eigenvalue weighted by Crippen LogP contribution is -2.51. The number of H-pyrrole nitrogens is 1. The number of carbonyl (C=O) groups excluding carboxylic acids is 1. The predicted molar refractivity (Wildman–Crippen MR) is 107 cm³/mol. The summed E-state index contributed by atoms with van der Waals surface area (Å²) in [5.74, 6) is 1.15. The van der Waals surface area contributed by atoms with Gasteiger partial charge in [-0.3, -0.25) is 9.79 Å². The topological polar surface area (TPSA) is 85.4 Å². The van der Waals surface area contributed by atoms with Gasteiger partial charge in [-0.1, -0.05) is 0 Å². The molecule has 144 valence electrons. The van der Waals surface area contributed by atoms with Crippen LogP contribution in [0, 0.1) is 5.41 Å². The number of carbonyl (C=O) groups is 1. The summed E-state index contributed by atoms with van der Waals surface area (Å²) in [5, 5.41) is 7.62. The van der Waals surface area contributed by atoms with Crippen molar-refractivity contribution < 1.29 is 4.79 Å². The predicted octanol–water partition coefficient (Wildman–Crippen LogP) is 1.67. The first kappa shape index (κ1) is 17.8. The smallest absolute Gasteiger partial charge is 0.220 e. The maximum Gasteiger partial charge on any atom is 0.220 e. The summed E-state index contributed by atoms with van der Waals surface area (Å²) in [6.45, 7) is 6.36. The maximum absolute atomic E-state index is 11.7. The van der Waals surface area contributed by atoms with Gasteiger partial charge in [0.2, 0.25) is 5.91 Å². The second-order valence-corrected chi connectivity index (χ2v) is 7.68. The number of aromatic amines is 1. The number of aliphatic imine (C=N–C) groups is 1. The van der Waals surface area contributed by atoms with Gasteiger partial charge in [0.1, 0.15) is 5.65 Å². The van der Waals surface area contributed by atoms with Crippen LogP contribution in [0.2, 0.25) is 0 Å². The molecule has 1 amide bonds. The Hall–Kier alpha value is -2.57. The van der Waals surface area contributed by atoms with Crippen molar-refractivity contribution in [1.82, 2.24) is 25.5 Å². The fourth-order valence-corrected chi connectivity index (χ4v) is 4.36. The molecule has 2 aromatic rings. The van der Waals surface area contributed by atoms with E-state index in [0.717, 1.165) is 63.6 Å². The second-order valence-electron chi connectivity index (χ2n) is 7.68. The van der Waals surface area contributed by atoms with Crippen molar-refractivity contribution >= 4 is 22.9 Å². The minimum atomic E-state index is 0.0774. The Kier molecular flexibility index (Phi) is 5.01. The van der Waals surface area contributed by atoms with E-state index < -0.39 is 0 Å². The van der Waals surface area contributed by atoms with Gasteiger partial charge in [0.25, 0.3) is 0 Å². The van der Waals surface area contributed by atoms with Gasteiger partial charge in [-0.25, -0.2) is 4.98 Å². The number of aromatic nitrogens is 2. The third kappa shape index (κ3) is 3.77. The van der Waals surface area contributed by atoms with E-state index in [-0.39, 0.29) is 11.3 Å². The van der Waals surface area contributed by atoms with Crippen LogP contribution >= 0.6 is 0 Å². The number of fused-ring (bicyclic) bond motifs is 1. The van der Waals surface area contributed by atoms with Crippen LogP contribution in [0.3, 0.4) is 0 Å². The Morgan fingerprint density at radius 1 is 1.48 bits per heavy atom. The van der Waals surface area contributed by atoms with Crippen molar-refractivity contribution in [3.8, 4) is 0 Å². The minimum absolute atomic E-state index is 0.0774. The minimum Gasteiger partial charge on any atom is -0.357 e. The van der Waals surface area contributed by atoms with Crippen molar-refractivity contribution in [2.75, 3.05) is 32.7 Å². The molecule has 0 saturated carbocycles. The highest BCUT2D eigenvalue weighted by atomic mass is 16.1. The van der Waals surface area contributed by atoms with Crippen molar-refractivity contribution in [3.05, 3.63) is 30.1 Å². The number of nitrogens with one attached hydrogen (secondary N) is 3. The molecular formula is C20H28N6O. The molecular weight excluding hydrogens is 340 g/mol. The van der Waals surface area contributed by atoms with Gasteiger partial charge >= 0.3 is 0 Å². The first-order valence-electron chi connectivity index (χ1n) is 9.90. The SMILES string of the molecule is CCNC(=NCCc1c[nH]c2ncccc12)N1CCCC2(CNC(=O)C2)C1. The average Bonchev–Trinajstić information content (AvgIpc) is 3.25. The molecule has 1 atom stereocenters. The number of hydrogen-bond donors (Lipinski definition) is 3. The summed E-state index contributed by atoms with van der Waals surface area (Å²) < 4.78 is 0. The highest BCUT2D eigenvalue weighted by Crippen LogP contribution is 2.36. The van der Waals surface area contributed by atoms with Crippen molar-refractivity contribution in [3.63, 3.8) is 0 Å². The Bertz CT molecular complexity index is 844. The molecule has 0 bridgehead atoms. The molecule has 7 heteroatoms. The standard InChI is InChI=1S/C20H28N6O/c1-2-21-19(26-10-4-7-20(14-26)11-17(27)25-13-20)23-9-6-15-12-24-18-16(15)5-3-8-22-18/h3,5,8,12H,2,4,6-7,9-11,13-14H2,1H3,(H,21,23)(H,22,24)(H,25,27). The molecule has 0 radical (unpaired) electrons. The van der Waals surface area contributed by atoms with Gasteiger partial charge in [0, 0.05) is 62.3 Å². The van der Waals surface area contributed by atoms with E-state index in [4.69, 9.17) is 4.99 Å². The number of piperidine rings is 1. The zero-order valence-electron chi connectivity index (χ0n) is 15.9. The molecule has 1 unspecified atom stereocenters. The summed E-state index contributed by atoms with van der Waals surface area (Å²) in [4.78, 5) is 26.5. The summed E-state index contributed by atoms with van der Waals surface area (Å²) in [6.07, 6.45) is 7.58. The number of nitrogens with zero attached hydrogens (tertiary/aromatic N) is 3. The first-order chi connectivity index (χ1) is 13.2. The van der Waals surface area contributed by atoms with Gasteiger partial charge in [-0.2, -0.15) is 0 Å². The number of rotatable bonds is 4. The molecule has 2 aliphatic heterocycles. The number of amides is 1. The van der Waals surface area contributed by atoms with E-state index in [1.807, 2.05) is 12.3 Å². The fourth-order valence-electron chi connectivity index (χ4n) is 4.36. The normalized spacial score (nSPS) is 23.2. The first-order valence-corrected chi connectivity index (χ1v) is 9.90. The van der Waals surface area contributed by atoms with Gasteiger partial charge in [-0.05, 0) is 43.9 Å². The van der Waals surface area contributed by atoms with Crippen LogP contribution < -0.4 is 10.6 Å². The molecule has 2 aliphatic rings. The molecule has 2 aromatic heterocycles. The quantitative estimate of drug-likeness (QED) is 0.566. The summed E-state index contributed by atoms with van der Waals surface area (Å²) in [6, 6.07) is 4.07. The highest BCUT2D eigenvalue weighted by molar-refractivity contribution is 5.82. The number of pyridine rings is 1. The van der Waals surface area contributed by atoms with Gasteiger partial charge in [0.05, 0.1) is 0 Å². The monoisotopic (exact) mass is 368 g/mol. The lowest BCUT2D eigenvalue weighted by Gasteiger charge is -2.40. The summed E-state index contributed by atoms with van der Waals surface area (Å²) in [5.41, 5.74) is 2.26. The van der Waals surface area contributed by atoms with E-state index in [2.05, 4.69) is 38.5 Å². The van der Waals surface area contributed by atoms with Crippen LogP contribution in [0.4, 0.5) is 0 Å². The van der Waals surface area contributed by atoms with E-state index in [1.54, 1.807) is 6.20 Å². The molecule has 2 saturated heterocycles. The highest BCUT2D eigenvalue weighted by Gasteiger charge is 2.42.